The van der Waals surface area contributed by atoms with Crippen molar-refractivity contribution in [3.63, 3.8) is 0 Å². The van der Waals surface area contributed by atoms with E-state index in [1.54, 1.807) is 38.1 Å². The molecule has 2 heterocycles. The maximum absolute atomic E-state index is 12.8. The van der Waals surface area contributed by atoms with Gasteiger partial charge in [-0.05, 0) is 43.0 Å². The van der Waals surface area contributed by atoms with Gasteiger partial charge in [-0.1, -0.05) is 53.2 Å². The summed E-state index contributed by atoms with van der Waals surface area (Å²) in [7, 11) is 0. The first-order valence-corrected chi connectivity index (χ1v) is 11.8. The second-order valence-corrected chi connectivity index (χ2v) is 8.89. The highest BCUT2D eigenvalue weighted by molar-refractivity contribution is 8.16. The Morgan fingerprint density at radius 2 is 2.00 bits per heavy atom. The Bertz CT molecular complexity index is 1230. The Morgan fingerprint density at radius 1 is 1.27 bits per heavy atom. The van der Waals surface area contributed by atoms with Crippen LogP contribution in [-0.4, -0.2) is 22.6 Å². The van der Waals surface area contributed by atoms with Crippen molar-refractivity contribution in [3.05, 3.63) is 86.0 Å². The number of hydrogen-bond donors (Lipinski definition) is 0. The summed E-state index contributed by atoms with van der Waals surface area (Å²) < 4.78 is 11.2. The molecule has 0 spiro atoms. The quantitative estimate of drug-likeness (QED) is 0.439. The molecule has 0 saturated heterocycles. The van der Waals surface area contributed by atoms with Gasteiger partial charge in [0.1, 0.15) is 6.61 Å². The topological polar surface area (TPSA) is 74.9 Å². The standard InChI is InChI=1S/C24H19Cl2N3O3S/c1-3-31-23(30)20-14(2)28-24-29(8-9-33-24)21(20)17-10-18(25)22(19(26)11-17)32-13-16-7-5-4-6-15(16)12-27/h4-11,21H,3,13H2,1-2H3. The van der Waals surface area contributed by atoms with Gasteiger partial charge >= 0.3 is 5.97 Å². The number of fused-ring (bicyclic) bond motifs is 1. The predicted molar refractivity (Wildman–Crippen MR) is 130 cm³/mol. The molecule has 2 aliphatic heterocycles. The summed E-state index contributed by atoms with van der Waals surface area (Å²) in [5, 5.41) is 12.5. The molecule has 6 nitrogen and oxygen atoms in total. The molecule has 9 heteroatoms. The SMILES string of the molecule is CCOC(=O)C1=C(C)N=C2SC=CN2C1c1cc(Cl)c(OCc2ccccc2C#N)c(Cl)c1. The van der Waals surface area contributed by atoms with Gasteiger partial charge in [-0.2, -0.15) is 5.26 Å². The third kappa shape index (κ3) is 4.60. The summed E-state index contributed by atoms with van der Waals surface area (Å²) in [6.45, 7) is 3.94. The van der Waals surface area contributed by atoms with Crippen LogP contribution in [0.15, 0.2) is 64.3 Å². The van der Waals surface area contributed by atoms with Gasteiger partial charge in [-0.15, -0.1) is 0 Å². The zero-order valence-corrected chi connectivity index (χ0v) is 20.2. The molecule has 4 rings (SSSR count). The summed E-state index contributed by atoms with van der Waals surface area (Å²) in [5.74, 6) is -0.127. The van der Waals surface area contributed by atoms with Crippen LogP contribution < -0.4 is 4.74 Å². The lowest BCUT2D eigenvalue weighted by molar-refractivity contribution is -0.139. The molecule has 0 radical (unpaired) electrons. The maximum atomic E-state index is 12.8. The molecule has 1 atom stereocenters. The number of thioether (sulfide) groups is 1. The van der Waals surface area contributed by atoms with Crippen LogP contribution >= 0.6 is 35.0 Å². The van der Waals surface area contributed by atoms with Crippen LogP contribution in [0.4, 0.5) is 0 Å². The van der Waals surface area contributed by atoms with Gasteiger partial charge in [0.2, 0.25) is 0 Å². The van der Waals surface area contributed by atoms with E-state index in [9.17, 15) is 10.1 Å². The van der Waals surface area contributed by atoms with Gasteiger partial charge in [-0.25, -0.2) is 9.79 Å². The van der Waals surface area contributed by atoms with E-state index in [0.717, 1.165) is 10.7 Å². The average molecular weight is 500 g/mol. The van der Waals surface area contributed by atoms with Crippen molar-refractivity contribution < 1.29 is 14.3 Å². The second kappa shape index (κ2) is 9.92. The number of hydrogen-bond acceptors (Lipinski definition) is 7. The molecule has 2 aromatic rings. The number of carbonyl (C=O) groups excluding carboxylic acids is 1. The van der Waals surface area contributed by atoms with E-state index in [2.05, 4.69) is 11.1 Å². The van der Waals surface area contributed by atoms with Gasteiger partial charge in [0.05, 0.1) is 45.6 Å². The highest BCUT2D eigenvalue weighted by atomic mass is 35.5. The van der Waals surface area contributed by atoms with Crippen LogP contribution in [0.3, 0.4) is 0 Å². The van der Waals surface area contributed by atoms with E-state index < -0.39 is 12.0 Å². The van der Waals surface area contributed by atoms with Crippen molar-refractivity contribution in [2.24, 2.45) is 4.99 Å². The number of nitriles is 1. The molecule has 2 aromatic carbocycles. The van der Waals surface area contributed by atoms with E-state index in [4.69, 9.17) is 32.7 Å². The third-order valence-corrected chi connectivity index (χ3v) is 6.49. The predicted octanol–water partition coefficient (Wildman–Crippen LogP) is 6.21. The number of aliphatic imine (C=N–C) groups is 1. The molecule has 0 N–H and O–H groups in total. The average Bonchev–Trinajstić information content (AvgIpc) is 3.25. The molecular formula is C24H19Cl2N3O3S. The Balaban J connectivity index is 1.69. The minimum atomic E-state index is -0.494. The van der Waals surface area contributed by atoms with E-state index >= 15 is 0 Å². The maximum Gasteiger partial charge on any atom is 0.338 e. The van der Waals surface area contributed by atoms with Gasteiger partial charge in [0.25, 0.3) is 0 Å². The van der Waals surface area contributed by atoms with Crippen LogP contribution in [0, 0.1) is 11.3 Å². The van der Waals surface area contributed by atoms with Gasteiger partial charge in [0.15, 0.2) is 10.9 Å². The minimum Gasteiger partial charge on any atom is -0.486 e. The van der Waals surface area contributed by atoms with Gasteiger partial charge < -0.3 is 14.4 Å². The number of allylic oxidation sites excluding steroid dienone is 1. The molecule has 0 amide bonds. The highest BCUT2D eigenvalue weighted by Gasteiger charge is 2.38. The molecule has 0 saturated carbocycles. The fourth-order valence-corrected chi connectivity index (χ4v) is 5.08. The van der Waals surface area contributed by atoms with E-state index in [0.29, 0.717) is 38.2 Å². The van der Waals surface area contributed by atoms with Crippen LogP contribution in [0.1, 0.15) is 36.6 Å². The van der Waals surface area contributed by atoms with Crippen LogP contribution in [0.5, 0.6) is 5.75 Å². The van der Waals surface area contributed by atoms with E-state index in [1.807, 2.05) is 28.6 Å². The number of benzene rings is 2. The molecule has 2 aliphatic rings. The zero-order chi connectivity index (χ0) is 23.5. The minimum absolute atomic E-state index is 0.140. The zero-order valence-electron chi connectivity index (χ0n) is 17.8. The van der Waals surface area contributed by atoms with E-state index in [1.165, 1.54) is 11.8 Å². The fourth-order valence-electron chi connectivity index (χ4n) is 3.68. The fraction of sp³-hybridized carbons (Fsp3) is 0.208. The molecule has 1 unspecified atom stereocenters. The van der Waals surface area contributed by atoms with Crippen molar-refractivity contribution in [3.8, 4) is 11.8 Å². The molecule has 0 aliphatic carbocycles. The van der Waals surface area contributed by atoms with Crippen molar-refractivity contribution in [2.75, 3.05) is 6.61 Å². The van der Waals surface area contributed by atoms with Crippen LogP contribution in [0.2, 0.25) is 10.0 Å². The largest absolute Gasteiger partial charge is 0.486 e. The molecule has 0 aromatic heterocycles. The van der Waals surface area contributed by atoms with Crippen LogP contribution in [0.25, 0.3) is 0 Å². The summed E-state index contributed by atoms with van der Waals surface area (Å²) >= 11 is 14.6. The number of carbonyl (C=O) groups is 1. The van der Waals surface area contributed by atoms with E-state index in [-0.39, 0.29) is 13.2 Å². The molecule has 0 fully saturated rings. The first-order chi connectivity index (χ1) is 15.9. The van der Waals surface area contributed by atoms with Crippen molar-refractivity contribution >= 4 is 46.1 Å². The second-order valence-electron chi connectivity index (χ2n) is 7.20. The lowest BCUT2D eigenvalue weighted by Crippen LogP contribution is -2.34. The van der Waals surface area contributed by atoms with Gasteiger partial charge in [-0.3, -0.25) is 0 Å². The lowest BCUT2D eigenvalue weighted by atomic mass is 9.94. The molecule has 0 bridgehead atoms. The van der Waals surface area contributed by atoms with Gasteiger partial charge in [0, 0.05) is 11.8 Å². The van der Waals surface area contributed by atoms with Crippen molar-refractivity contribution in [1.82, 2.24) is 4.90 Å². The van der Waals surface area contributed by atoms with Crippen molar-refractivity contribution in [2.45, 2.75) is 26.5 Å². The first kappa shape index (κ1) is 23.2. The number of nitrogens with zero attached hydrogens (tertiary/aromatic N) is 3. The summed E-state index contributed by atoms with van der Waals surface area (Å²) in [5.41, 5.74) is 2.97. The number of esters is 1. The lowest BCUT2D eigenvalue weighted by Gasteiger charge is -2.33. The number of rotatable bonds is 6. The first-order valence-electron chi connectivity index (χ1n) is 10.1. The smallest absolute Gasteiger partial charge is 0.338 e. The Morgan fingerprint density at radius 3 is 2.70 bits per heavy atom. The Kier molecular flexibility index (Phi) is 6.99. The third-order valence-electron chi connectivity index (χ3n) is 5.16. The Hall–Kier alpha value is -2.92. The summed E-state index contributed by atoms with van der Waals surface area (Å²) in [6, 6.07) is 12.3. The monoisotopic (exact) mass is 499 g/mol. The molecule has 168 valence electrons. The van der Waals surface area contributed by atoms with Crippen LogP contribution in [-0.2, 0) is 16.1 Å². The summed E-state index contributed by atoms with van der Waals surface area (Å²) in [4.78, 5) is 19.3. The molecule has 33 heavy (non-hydrogen) atoms. The summed E-state index contributed by atoms with van der Waals surface area (Å²) in [6.07, 6.45) is 1.87. The number of ether oxygens (including phenoxy) is 2. The Labute approximate surface area is 206 Å². The number of halogens is 2. The highest BCUT2D eigenvalue weighted by Crippen LogP contribution is 2.44. The molecular weight excluding hydrogens is 481 g/mol. The normalized spacial score (nSPS) is 16.9. The number of amidine groups is 1. The van der Waals surface area contributed by atoms with Crippen molar-refractivity contribution in [1.29, 1.82) is 5.26 Å².